The van der Waals surface area contributed by atoms with Crippen molar-refractivity contribution in [1.82, 2.24) is 19.9 Å². The van der Waals surface area contributed by atoms with Crippen LogP contribution in [0.15, 0.2) is 17.9 Å². The third-order valence-electron chi connectivity index (χ3n) is 4.90. The van der Waals surface area contributed by atoms with Gasteiger partial charge in [0.15, 0.2) is 0 Å². The van der Waals surface area contributed by atoms with E-state index < -0.39 is 5.41 Å². The second-order valence-corrected chi connectivity index (χ2v) is 8.34. The number of rotatable bonds is 4. The summed E-state index contributed by atoms with van der Waals surface area (Å²) in [6, 6.07) is 0. The number of amides is 1. The van der Waals surface area contributed by atoms with Gasteiger partial charge in [0.25, 0.3) is 0 Å². The van der Waals surface area contributed by atoms with Gasteiger partial charge in [-0.05, 0) is 32.6 Å². The summed E-state index contributed by atoms with van der Waals surface area (Å²) >= 11 is 1.74. The highest BCUT2D eigenvalue weighted by molar-refractivity contribution is 7.09. The lowest BCUT2D eigenvalue weighted by Gasteiger charge is -2.36. The average Bonchev–Trinajstić information content (AvgIpc) is 3.25. The van der Waals surface area contributed by atoms with Crippen molar-refractivity contribution < 1.29 is 4.79 Å². The summed E-state index contributed by atoms with van der Waals surface area (Å²) in [7, 11) is 0. The van der Waals surface area contributed by atoms with Crippen molar-refractivity contribution in [3.05, 3.63) is 34.3 Å². The largest absolute Gasteiger partial charge is 0.348 e. The first kappa shape index (κ1) is 17.1. The average molecular weight is 346 g/mol. The lowest BCUT2D eigenvalue weighted by Crippen LogP contribution is -2.47. The van der Waals surface area contributed by atoms with E-state index in [1.54, 1.807) is 23.9 Å². The highest BCUT2D eigenvalue weighted by Crippen LogP contribution is 2.33. The first-order valence-electron chi connectivity index (χ1n) is 8.63. The fourth-order valence-corrected chi connectivity index (χ4v) is 4.33. The quantitative estimate of drug-likeness (QED) is 0.919. The molecule has 0 spiro atoms. The van der Waals surface area contributed by atoms with Crippen LogP contribution in [0.1, 0.15) is 68.8 Å². The molecule has 1 atom stereocenters. The summed E-state index contributed by atoms with van der Waals surface area (Å²) in [6.07, 6.45) is 5.52. The molecule has 0 radical (unpaired) electrons. The van der Waals surface area contributed by atoms with Crippen LogP contribution >= 0.6 is 11.3 Å². The van der Waals surface area contributed by atoms with Crippen LogP contribution in [-0.2, 0) is 10.2 Å². The molecule has 1 amide bonds. The normalized spacial score (nSPS) is 19.0. The molecule has 0 bridgehead atoms. The first-order chi connectivity index (χ1) is 11.4. The Balaban J connectivity index is 1.74. The van der Waals surface area contributed by atoms with Gasteiger partial charge in [0.1, 0.15) is 0 Å². The molecule has 130 valence electrons. The van der Waals surface area contributed by atoms with Gasteiger partial charge in [-0.3, -0.25) is 4.79 Å². The molecule has 3 heterocycles. The smallest absolute Gasteiger partial charge is 0.234 e. The van der Waals surface area contributed by atoms with Gasteiger partial charge in [-0.25, -0.2) is 9.97 Å². The number of hydrogen-bond donors (Lipinski definition) is 1. The van der Waals surface area contributed by atoms with E-state index in [1.165, 1.54) is 5.01 Å². The summed E-state index contributed by atoms with van der Waals surface area (Å²) in [5.74, 6) is 0.977. The second kappa shape index (κ2) is 6.67. The summed E-state index contributed by atoms with van der Waals surface area (Å²) < 4.78 is 0. The predicted octanol–water partition coefficient (Wildman–Crippen LogP) is 3.67. The molecular weight excluding hydrogens is 320 g/mol. The topological polar surface area (TPSA) is 61.9 Å². The highest BCUT2D eigenvalue weighted by atomic mass is 32.1. The Kier molecular flexibility index (Phi) is 4.76. The van der Waals surface area contributed by atoms with E-state index in [9.17, 15) is 4.79 Å². The second-order valence-electron chi connectivity index (χ2n) is 7.45. The van der Waals surface area contributed by atoms with Crippen molar-refractivity contribution in [2.24, 2.45) is 0 Å². The number of piperidine rings is 1. The number of hydrogen-bond acceptors (Lipinski definition) is 4. The number of imidazole rings is 1. The molecule has 1 N–H and O–H groups in total. The Morgan fingerprint density at radius 2 is 2.25 bits per heavy atom. The number of aromatic nitrogens is 3. The first-order valence-corrected chi connectivity index (χ1v) is 9.51. The molecule has 1 aliphatic rings. The minimum atomic E-state index is -0.579. The number of thiazole rings is 1. The van der Waals surface area contributed by atoms with Crippen LogP contribution in [-0.4, -0.2) is 38.8 Å². The third kappa shape index (κ3) is 3.24. The Hall–Kier alpha value is -1.69. The number of nitrogens with zero attached hydrogens (tertiary/aromatic N) is 3. The highest BCUT2D eigenvalue weighted by Gasteiger charge is 2.37. The van der Waals surface area contributed by atoms with Crippen molar-refractivity contribution in [2.45, 2.75) is 57.8 Å². The standard InChI is InChI=1S/C18H26N4OS/c1-12(2)14-10-24-16(21-14)13-6-5-7-22(9-13)17(23)18(3,4)15-8-19-11-20-15/h8,10-13H,5-7,9H2,1-4H3,(H,19,20). The van der Waals surface area contributed by atoms with Crippen LogP contribution in [0.4, 0.5) is 0 Å². The molecule has 2 aromatic rings. The van der Waals surface area contributed by atoms with E-state index in [4.69, 9.17) is 4.98 Å². The molecular formula is C18H26N4OS. The van der Waals surface area contributed by atoms with Crippen molar-refractivity contribution in [3.63, 3.8) is 0 Å². The Bertz CT molecular complexity index is 690. The number of H-pyrrole nitrogens is 1. The molecule has 1 saturated heterocycles. The number of aromatic amines is 1. The molecule has 1 fully saturated rings. The van der Waals surface area contributed by atoms with E-state index in [0.29, 0.717) is 11.8 Å². The van der Waals surface area contributed by atoms with Crippen molar-refractivity contribution in [2.75, 3.05) is 13.1 Å². The molecule has 24 heavy (non-hydrogen) atoms. The number of likely N-dealkylation sites (tertiary alicyclic amines) is 1. The fourth-order valence-electron chi connectivity index (χ4n) is 3.22. The predicted molar refractivity (Wildman–Crippen MR) is 96.4 cm³/mol. The van der Waals surface area contributed by atoms with Crippen LogP contribution in [0.3, 0.4) is 0 Å². The zero-order valence-electron chi connectivity index (χ0n) is 14.9. The van der Waals surface area contributed by atoms with Crippen molar-refractivity contribution >= 4 is 17.2 Å². The lowest BCUT2D eigenvalue weighted by molar-refractivity contribution is -0.137. The van der Waals surface area contributed by atoms with Gasteiger partial charge >= 0.3 is 0 Å². The van der Waals surface area contributed by atoms with E-state index in [2.05, 4.69) is 29.2 Å². The summed E-state index contributed by atoms with van der Waals surface area (Å²) in [5, 5.41) is 3.34. The van der Waals surface area contributed by atoms with Crippen molar-refractivity contribution in [3.8, 4) is 0 Å². The van der Waals surface area contributed by atoms with Gasteiger partial charge in [0.05, 0.1) is 22.4 Å². The summed E-state index contributed by atoms with van der Waals surface area (Å²) in [4.78, 5) is 27.0. The van der Waals surface area contributed by atoms with Gasteiger partial charge in [0, 0.05) is 36.3 Å². The summed E-state index contributed by atoms with van der Waals surface area (Å²) in [5.41, 5.74) is 1.45. The van der Waals surface area contributed by atoms with Crippen LogP contribution < -0.4 is 0 Å². The van der Waals surface area contributed by atoms with Gasteiger partial charge < -0.3 is 9.88 Å². The molecule has 0 aromatic carbocycles. The molecule has 3 rings (SSSR count). The Labute approximate surface area is 147 Å². The van der Waals surface area contributed by atoms with Gasteiger partial charge in [-0.2, -0.15) is 0 Å². The van der Waals surface area contributed by atoms with Gasteiger partial charge in [-0.15, -0.1) is 11.3 Å². The summed E-state index contributed by atoms with van der Waals surface area (Å²) in [6.45, 7) is 9.86. The minimum Gasteiger partial charge on any atom is -0.348 e. The van der Waals surface area contributed by atoms with E-state index in [1.807, 2.05) is 18.7 Å². The van der Waals surface area contributed by atoms with Crippen LogP contribution in [0.2, 0.25) is 0 Å². The maximum atomic E-state index is 13.1. The SMILES string of the molecule is CC(C)c1csc(C2CCCN(C(=O)C(C)(C)c3cnc[nH]3)C2)n1. The number of carbonyl (C=O) groups is 1. The van der Waals surface area contributed by atoms with Crippen LogP contribution in [0.25, 0.3) is 0 Å². The maximum Gasteiger partial charge on any atom is 0.234 e. The van der Waals surface area contributed by atoms with Crippen LogP contribution in [0.5, 0.6) is 0 Å². The van der Waals surface area contributed by atoms with E-state index in [0.717, 1.165) is 37.3 Å². The number of carbonyl (C=O) groups excluding carboxylic acids is 1. The van der Waals surface area contributed by atoms with E-state index in [-0.39, 0.29) is 5.91 Å². The van der Waals surface area contributed by atoms with Gasteiger partial charge in [0.2, 0.25) is 5.91 Å². The van der Waals surface area contributed by atoms with Crippen LogP contribution in [0, 0.1) is 0 Å². The molecule has 1 aliphatic heterocycles. The monoisotopic (exact) mass is 346 g/mol. The Morgan fingerprint density at radius 3 is 2.88 bits per heavy atom. The third-order valence-corrected chi connectivity index (χ3v) is 5.92. The lowest BCUT2D eigenvalue weighted by atomic mass is 9.86. The fraction of sp³-hybridized carbons (Fsp3) is 0.611. The maximum absolute atomic E-state index is 13.1. The zero-order valence-corrected chi connectivity index (χ0v) is 15.7. The minimum absolute atomic E-state index is 0.164. The molecule has 6 heteroatoms. The van der Waals surface area contributed by atoms with Crippen molar-refractivity contribution in [1.29, 1.82) is 0 Å². The molecule has 1 unspecified atom stereocenters. The molecule has 0 aliphatic carbocycles. The molecule has 2 aromatic heterocycles. The zero-order chi connectivity index (χ0) is 17.3. The Morgan fingerprint density at radius 1 is 1.46 bits per heavy atom. The molecule has 0 saturated carbocycles. The number of nitrogens with one attached hydrogen (secondary N) is 1. The molecule has 5 nitrogen and oxygen atoms in total. The van der Waals surface area contributed by atoms with E-state index >= 15 is 0 Å². The van der Waals surface area contributed by atoms with Gasteiger partial charge in [-0.1, -0.05) is 13.8 Å².